The Morgan fingerprint density at radius 3 is 2.95 bits per heavy atom. The number of benzene rings is 1. The molecule has 1 aliphatic rings. The SMILES string of the molecule is Cc1nc2sc(C)c(-c3ccc4c(c3)OCO4)n2c1CC#N. The lowest BCUT2D eigenvalue weighted by Crippen LogP contribution is -1.96. The third kappa shape index (κ3) is 1.79. The van der Waals surface area contributed by atoms with Gasteiger partial charge in [0.05, 0.1) is 29.6 Å². The van der Waals surface area contributed by atoms with E-state index in [1.807, 2.05) is 25.1 Å². The average molecular weight is 311 g/mol. The number of hydrogen-bond donors (Lipinski definition) is 0. The third-order valence-electron chi connectivity index (χ3n) is 3.84. The fourth-order valence-electron chi connectivity index (χ4n) is 2.84. The highest BCUT2D eigenvalue weighted by molar-refractivity contribution is 7.17. The molecule has 2 aromatic heterocycles. The smallest absolute Gasteiger partial charge is 0.231 e. The molecule has 5 nitrogen and oxygen atoms in total. The zero-order chi connectivity index (χ0) is 15.3. The van der Waals surface area contributed by atoms with Gasteiger partial charge in [-0.3, -0.25) is 4.40 Å². The van der Waals surface area contributed by atoms with E-state index in [1.54, 1.807) is 11.3 Å². The maximum Gasteiger partial charge on any atom is 0.231 e. The molecular weight excluding hydrogens is 298 g/mol. The van der Waals surface area contributed by atoms with Gasteiger partial charge in [-0.25, -0.2) is 4.98 Å². The molecule has 0 unspecified atom stereocenters. The van der Waals surface area contributed by atoms with Crippen LogP contribution in [0.2, 0.25) is 0 Å². The van der Waals surface area contributed by atoms with Gasteiger partial charge in [0, 0.05) is 10.4 Å². The Bertz CT molecular complexity index is 933. The monoisotopic (exact) mass is 311 g/mol. The molecule has 0 spiro atoms. The van der Waals surface area contributed by atoms with E-state index in [1.165, 1.54) is 4.88 Å². The molecule has 3 heterocycles. The molecule has 4 rings (SSSR count). The summed E-state index contributed by atoms with van der Waals surface area (Å²) in [5.41, 5.74) is 3.98. The molecule has 3 aromatic rings. The molecule has 1 aromatic carbocycles. The Hall–Kier alpha value is -2.52. The second-order valence-electron chi connectivity index (χ2n) is 5.17. The summed E-state index contributed by atoms with van der Waals surface area (Å²) in [5, 5.41) is 9.09. The first kappa shape index (κ1) is 13.2. The average Bonchev–Trinajstić information content (AvgIpc) is 3.14. The summed E-state index contributed by atoms with van der Waals surface area (Å²) in [5.74, 6) is 1.53. The molecule has 0 bridgehead atoms. The van der Waals surface area contributed by atoms with Crippen molar-refractivity contribution in [2.24, 2.45) is 0 Å². The van der Waals surface area contributed by atoms with Crippen LogP contribution in [0.15, 0.2) is 18.2 Å². The highest BCUT2D eigenvalue weighted by Crippen LogP contribution is 2.39. The van der Waals surface area contributed by atoms with Crippen molar-refractivity contribution in [3.63, 3.8) is 0 Å². The Morgan fingerprint density at radius 1 is 1.32 bits per heavy atom. The van der Waals surface area contributed by atoms with Crippen LogP contribution < -0.4 is 9.47 Å². The summed E-state index contributed by atoms with van der Waals surface area (Å²) in [6, 6.07) is 8.17. The largest absolute Gasteiger partial charge is 0.454 e. The number of ether oxygens (including phenoxy) is 2. The second kappa shape index (κ2) is 4.75. The second-order valence-corrected chi connectivity index (χ2v) is 6.35. The predicted octanol–water partition coefficient (Wildman–Crippen LogP) is 3.47. The molecule has 6 heteroatoms. The van der Waals surface area contributed by atoms with E-state index in [2.05, 4.69) is 22.4 Å². The van der Waals surface area contributed by atoms with Crippen LogP contribution in [0.4, 0.5) is 0 Å². The van der Waals surface area contributed by atoms with E-state index >= 15 is 0 Å². The van der Waals surface area contributed by atoms with E-state index < -0.39 is 0 Å². The van der Waals surface area contributed by atoms with E-state index in [0.29, 0.717) is 6.42 Å². The number of nitrogens with zero attached hydrogens (tertiary/aromatic N) is 3. The zero-order valence-electron chi connectivity index (χ0n) is 12.2. The quantitative estimate of drug-likeness (QED) is 0.727. The van der Waals surface area contributed by atoms with Gasteiger partial charge >= 0.3 is 0 Å². The van der Waals surface area contributed by atoms with Crippen molar-refractivity contribution in [3.05, 3.63) is 34.5 Å². The molecule has 22 heavy (non-hydrogen) atoms. The lowest BCUT2D eigenvalue weighted by molar-refractivity contribution is 0.174. The Labute approximate surface area is 131 Å². The van der Waals surface area contributed by atoms with Crippen LogP contribution in [-0.4, -0.2) is 16.2 Å². The molecule has 0 aliphatic carbocycles. The number of aromatic nitrogens is 2. The first-order valence-corrected chi connectivity index (χ1v) is 7.75. The van der Waals surface area contributed by atoms with Crippen LogP contribution in [0.1, 0.15) is 16.3 Å². The van der Waals surface area contributed by atoms with Crippen LogP contribution in [0.3, 0.4) is 0 Å². The fourth-order valence-corrected chi connectivity index (χ4v) is 3.89. The molecule has 0 N–H and O–H groups in total. The zero-order valence-corrected chi connectivity index (χ0v) is 13.0. The van der Waals surface area contributed by atoms with Crippen LogP contribution in [-0.2, 0) is 6.42 Å². The summed E-state index contributed by atoms with van der Waals surface area (Å²) in [7, 11) is 0. The molecular formula is C16H13N3O2S. The van der Waals surface area contributed by atoms with Gasteiger partial charge in [-0.05, 0) is 32.0 Å². The van der Waals surface area contributed by atoms with Crippen molar-refractivity contribution in [1.29, 1.82) is 5.26 Å². The molecule has 0 atom stereocenters. The first-order chi connectivity index (χ1) is 10.7. The molecule has 0 saturated carbocycles. The number of aryl methyl sites for hydroxylation is 2. The molecule has 0 radical (unpaired) electrons. The summed E-state index contributed by atoms with van der Waals surface area (Å²) >= 11 is 1.64. The van der Waals surface area contributed by atoms with Crippen LogP contribution >= 0.6 is 11.3 Å². The van der Waals surface area contributed by atoms with E-state index in [9.17, 15) is 0 Å². The van der Waals surface area contributed by atoms with Crippen molar-refractivity contribution < 1.29 is 9.47 Å². The van der Waals surface area contributed by atoms with Crippen molar-refractivity contribution >= 4 is 16.3 Å². The number of nitriles is 1. The molecule has 0 fully saturated rings. The third-order valence-corrected chi connectivity index (χ3v) is 4.79. The standard InChI is InChI=1S/C16H13N3O2S/c1-9-12(5-6-17)19-15(10(2)22-16(19)18-9)11-3-4-13-14(7-11)21-8-20-13/h3-4,7H,5,8H2,1-2H3. The van der Waals surface area contributed by atoms with Gasteiger partial charge in [0.1, 0.15) is 0 Å². The van der Waals surface area contributed by atoms with Gasteiger partial charge in [-0.2, -0.15) is 5.26 Å². The Kier molecular flexibility index (Phi) is 2.84. The Morgan fingerprint density at radius 2 is 2.14 bits per heavy atom. The number of thiazole rings is 1. The lowest BCUT2D eigenvalue weighted by atomic mass is 10.1. The van der Waals surface area contributed by atoms with Gasteiger partial charge in [0.25, 0.3) is 0 Å². The highest BCUT2D eigenvalue weighted by atomic mass is 32.1. The minimum atomic E-state index is 0.265. The maximum atomic E-state index is 9.09. The summed E-state index contributed by atoms with van der Waals surface area (Å²) in [4.78, 5) is 6.68. The molecule has 1 aliphatic heterocycles. The van der Waals surface area contributed by atoms with Crippen LogP contribution in [0.5, 0.6) is 11.5 Å². The molecule has 110 valence electrons. The van der Waals surface area contributed by atoms with Crippen molar-refractivity contribution in [1.82, 2.24) is 9.38 Å². The van der Waals surface area contributed by atoms with Gasteiger partial charge in [0.15, 0.2) is 16.5 Å². The number of rotatable bonds is 2. The topological polar surface area (TPSA) is 59.6 Å². The number of fused-ring (bicyclic) bond motifs is 2. The maximum absolute atomic E-state index is 9.09. The van der Waals surface area contributed by atoms with Gasteiger partial charge in [-0.1, -0.05) is 0 Å². The van der Waals surface area contributed by atoms with E-state index in [-0.39, 0.29) is 6.79 Å². The van der Waals surface area contributed by atoms with Gasteiger partial charge in [0.2, 0.25) is 6.79 Å². The lowest BCUT2D eigenvalue weighted by Gasteiger charge is -2.06. The van der Waals surface area contributed by atoms with E-state index in [0.717, 1.165) is 39.1 Å². The summed E-state index contributed by atoms with van der Waals surface area (Å²) < 4.78 is 12.9. The van der Waals surface area contributed by atoms with Crippen molar-refractivity contribution in [2.75, 3.05) is 6.79 Å². The van der Waals surface area contributed by atoms with Crippen molar-refractivity contribution in [3.8, 4) is 28.8 Å². The van der Waals surface area contributed by atoms with Crippen LogP contribution in [0.25, 0.3) is 16.2 Å². The molecule has 0 saturated heterocycles. The van der Waals surface area contributed by atoms with Crippen molar-refractivity contribution in [2.45, 2.75) is 20.3 Å². The normalized spacial score (nSPS) is 12.8. The van der Waals surface area contributed by atoms with Gasteiger partial charge in [-0.15, -0.1) is 11.3 Å². The minimum absolute atomic E-state index is 0.265. The van der Waals surface area contributed by atoms with E-state index in [4.69, 9.17) is 14.7 Å². The minimum Gasteiger partial charge on any atom is -0.454 e. The van der Waals surface area contributed by atoms with Gasteiger partial charge < -0.3 is 9.47 Å². The fraction of sp³-hybridized carbons (Fsp3) is 0.250. The number of imidazole rings is 1. The Balaban J connectivity index is 1.98. The first-order valence-electron chi connectivity index (χ1n) is 6.93. The predicted molar refractivity (Wildman–Crippen MR) is 83.4 cm³/mol. The molecule has 0 amide bonds. The van der Waals surface area contributed by atoms with Crippen LogP contribution in [0, 0.1) is 25.2 Å². The highest BCUT2D eigenvalue weighted by Gasteiger charge is 2.20. The summed E-state index contributed by atoms with van der Waals surface area (Å²) in [6.45, 7) is 4.29. The number of hydrogen-bond acceptors (Lipinski definition) is 5. The summed E-state index contributed by atoms with van der Waals surface area (Å²) in [6.07, 6.45) is 0.348.